The summed E-state index contributed by atoms with van der Waals surface area (Å²) in [6.07, 6.45) is 76.8. The van der Waals surface area contributed by atoms with Gasteiger partial charge in [-0.15, -0.1) is 0 Å². The predicted octanol–water partition coefficient (Wildman–Crippen LogP) is 22.8. The lowest BCUT2D eigenvalue weighted by Crippen LogP contribution is -2.30. The quantitative estimate of drug-likeness (QED) is 0.0128. The van der Waals surface area contributed by atoms with Crippen molar-refractivity contribution >= 4 is 39.5 Å². The van der Waals surface area contributed by atoms with Gasteiger partial charge in [0.1, 0.15) is 19.3 Å². The van der Waals surface area contributed by atoms with Crippen molar-refractivity contribution < 1.29 is 80.2 Å². The fraction of sp³-hybridized carbons (Fsp3) is 0.753. The maximum Gasteiger partial charge on any atom is 0.472 e. The lowest BCUT2D eigenvalue weighted by atomic mass is 10.0. The number of hydrogen-bond donors (Lipinski definition) is 3. The maximum atomic E-state index is 13.1. The number of allylic oxidation sites excluding steroid dienone is 16. The summed E-state index contributed by atoms with van der Waals surface area (Å²) < 4.78 is 68.5. The molecule has 2 unspecified atom stereocenters. The number of phosphoric acid groups is 2. The molecule has 5 atom stereocenters. The second-order valence-corrected chi connectivity index (χ2v) is 29.2. The lowest BCUT2D eigenvalue weighted by Gasteiger charge is -2.21. The van der Waals surface area contributed by atoms with E-state index in [1.165, 1.54) is 116 Å². The molecule has 0 aromatic carbocycles. The molecule has 0 aromatic rings. The summed E-state index contributed by atoms with van der Waals surface area (Å²) in [6.45, 7) is 4.74. The van der Waals surface area contributed by atoms with E-state index in [0.717, 1.165) is 135 Å². The molecule has 0 rings (SSSR count). The number of aliphatic hydroxyl groups is 1. The SMILES string of the molecule is CCCCC/C=C\C/C=C\C/C=C\C/C=C\CCCC(=O)OC[C@H](COP(=O)(O)OC[C@@H](O)COP(=O)(O)OC[C@@H](COC(=O)CCCCCCC/C=C\C/C=C\CCCCC)OC(=O)CCCCCCC/C=C\C=C/CCCCCC)OC(=O)CCCCCCCCCCCCCCC. The normalized spacial score (nSPS) is 14.4. The van der Waals surface area contributed by atoms with Crippen molar-refractivity contribution in [3.8, 4) is 0 Å². The number of carbonyl (C=O) groups is 4. The number of esters is 4. The minimum atomic E-state index is -4.99. The van der Waals surface area contributed by atoms with Crippen molar-refractivity contribution in [1.29, 1.82) is 0 Å². The Kier molecular flexibility index (Phi) is 70.4. The van der Waals surface area contributed by atoms with E-state index < -0.39 is 97.5 Å². The van der Waals surface area contributed by atoms with Crippen LogP contribution in [-0.4, -0.2) is 96.7 Å². The highest BCUT2D eigenvalue weighted by Crippen LogP contribution is 2.45. The average molecular weight is 1450 g/mol. The third-order valence-corrected chi connectivity index (χ3v) is 18.4. The molecule has 0 bridgehead atoms. The molecule has 0 saturated heterocycles. The fourth-order valence-electron chi connectivity index (χ4n) is 10.5. The van der Waals surface area contributed by atoms with Crippen molar-refractivity contribution in [2.75, 3.05) is 39.6 Å². The van der Waals surface area contributed by atoms with Gasteiger partial charge in [-0.25, -0.2) is 9.13 Å². The van der Waals surface area contributed by atoms with Crippen molar-refractivity contribution in [3.63, 3.8) is 0 Å². The van der Waals surface area contributed by atoms with Crippen LogP contribution in [0, 0.1) is 0 Å². The van der Waals surface area contributed by atoms with Gasteiger partial charge in [-0.1, -0.05) is 285 Å². The van der Waals surface area contributed by atoms with Crippen LogP contribution in [0.4, 0.5) is 0 Å². The molecular weight excluding hydrogens is 1310 g/mol. The molecule has 3 N–H and O–H groups in total. The van der Waals surface area contributed by atoms with Crippen LogP contribution in [0.25, 0.3) is 0 Å². The van der Waals surface area contributed by atoms with Gasteiger partial charge < -0.3 is 33.8 Å². The van der Waals surface area contributed by atoms with E-state index >= 15 is 0 Å². The molecule has 0 heterocycles. The van der Waals surface area contributed by atoms with E-state index in [-0.39, 0.29) is 25.7 Å². The summed E-state index contributed by atoms with van der Waals surface area (Å²) in [5, 5.41) is 10.6. The molecule has 0 spiro atoms. The second-order valence-electron chi connectivity index (χ2n) is 26.3. The van der Waals surface area contributed by atoms with Gasteiger partial charge >= 0.3 is 39.5 Å². The van der Waals surface area contributed by atoms with Crippen molar-refractivity contribution in [3.05, 3.63) is 97.2 Å². The molecule has 0 radical (unpaired) electrons. The van der Waals surface area contributed by atoms with Crippen LogP contribution in [0.1, 0.15) is 336 Å². The van der Waals surface area contributed by atoms with Crippen molar-refractivity contribution in [2.45, 2.75) is 354 Å². The number of hydrogen-bond acceptors (Lipinski definition) is 15. The Hall–Kier alpha value is -4.02. The molecule has 0 amide bonds. The fourth-order valence-corrected chi connectivity index (χ4v) is 12.0. The van der Waals surface area contributed by atoms with Gasteiger partial charge in [0.05, 0.1) is 26.4 Å². The third kappa shape index (κ3) is 72.3. The van der Waals surface area contributed by atoms with E-state index in [0.29, 0.717) is 32.1 Å². The number of unbranched alkanes of at least 4 members (excludes halogenated alkanes) is 33. The summed E-state index contributed by atoms with van der Waals surface area (Å²) in [5.74, 6) is -2.26. The summed E-state index contributed by atoms with van der Waals surface area (Å²) in [6, 6.07) is 0. The van der Waals surface area contributed by atoms with Crippen molar-refractivity contribution in [2.24, 2.45) is 0 Å². The maximum absolute atomic E-state index is 13.1. The Morgan fingerprint density at radius 3 is 0.880 bits per heavy atom. The van der Waals surface area contributed by atoms with E-state index in [1.54, 1.807) is 0 Å². The number of aliphatic hydroxyl groups excluding tert-OH is 1. The molecule has 0 aromatic heterocycles. The van der Waals surface area contributed by atoms with E-state index in [9.17, 15) is 43.2 Å². The molecule has 0 aliphatic rings. The van der Waals surface area contributed by atoms with Gasteiger partial charge in [-0.2, -0.15) is 0 Å². The monoisotopic (exact) mass is 1450 g/mol. The van der Waals surface area contributed by atoms with Crippen molar-refractivity contribution in [1.82, 2.24) is 0 Å². The molecule has 0 fully saturated rings. The second kappa shape index (κ2) is 73.3. The topological polar surface area (TPSA) is 237 Å². The zero-order chi connectivity index (χ0) is 73.2. The first-order chi connectivity index (χ1) is 48.7. The first kappa shape index (κ1) is 96.0. The summed E-state index contributed by atoms with van der Waals surface area (Å²) in [5.41, 5.74) is 0. The molecular formula is C81H142O17P2. The van der Waals surface area contributed by atoms with Crippen LogP contribution < -0.4 is 0 Å². The van der Waals surface area contributed by atoms with E-state index in [2.05, 4.69) is 113 Å². The molecule has 100 heavy (non-hydrogen) atoms. The van der Waals surface area contributed by atoms with E-state index in [1.807, 2.05) is 12.2 Å². The average Bonchev–Trinajstić information content (AvgIpc) is 0.965. The summed E-state index contributed by atoms with van der Waals surface area (Å²) in [4.78, 5) is 72.9. The van der Waals surface area contributed by atoms with E-state index in [4.69, 9.17) is 37.0 Å². The van der Waals surface area contributed by atoms with Crippen LogP contribution in [0.3, 0.4) is 0 Å². The van der Waals surface area contributed by atoms with Gasteiger partial charge in [0.15, 0.2) is 12.2 Å². The summed E-state index contributed by atoms with van der Waals surface area (Å²) in [7, 11) is -9.97. The molecule has 0 saturated carbocycles. The third-order valence-electron chi connectivity index (χ3n) is 16.5. The Morgan fingerprint density at radius 2 is 0.530 bits per heavy atom. The lowest BCUT2D eigenvalue weighted by molar-refractivity contribution is -0.161. The molecule has 0 aliphatic carbocycles. The zero-order valence-electron chi connectivity index (χ0n) is 63.1. The molecule has 17 nitrogen and oxygen atoms in total. The van der Waals surface area contributed by atoms with Gasteiger partial charge in [-0.05, 0) is 122 Å². The summed E-state index contributed by atoms with van der Waals surface area (Å²) >= 11 is 0. The highest BCUT2D eigenvalue weighted by molar-refractivity contribution is 7.47. The number of rotatable bonds is 74. The Balaban J connectivity index is 5.40. The zero-order valence-corrected chi connectivity index (χ0v) is 64.9. The largest absolute Gasteiger partial charge is 0.472 e. The Labute approximate surface area is 607 Å². The minimum Gasteiger partial charge on any atom is -0.462 e. The highest BCUT2D eigenvalue weighted by atomic mass is 31.2. The number of carbonyl (C=O) groups excluding carboxylic acids is 4. The minimum absolute atomic E-state index is 0.0737. The molecule has 578 valence electrons. The first-order valence-corrected chi connectivity index (χ1v) is 42.5. The van der Waals surface area contributed by atoms with Crippen LogP contribution >= 0.6 is 15.6 Å². The van der Waals surface area contributed by atoms with Gasteiger partial charge in [0.25, 0.3) is 0 Å². The van der Waals surface area contributed by atoms with Crippen LogP contribution in [0.2, 0.25) is 0 Å². The molecule has 0 aliphatic heterocycles. The van der Waals surface area contributed by atoms with Crippen LogP contribution in [0.15, 0.2) is 97.2 Å². The van der Waals surface area contributed by atoms with Gasteiger partial charge in [0, 0.05) is 25.7 Å². The Bertz CT molecular complexity index is 2270. The number of ether oxygens (including phenoxy) is 4. The van der Waals surface area contributed by atoms with Crippen LogP contribution in [0.5, 0.6) is 0 Å². The van der Waals surface area contributed by atoms with Gasteiger partial charge in [0.2, 0.25) is 0 Å². The standard InChI is InChI=1S/C81H142O17P2/c1-5-9-13-17-21-25-29-33-36-37-40-43-46-50-54-58-62-66-79(84)92-71-76(97-80(85)67-63-59-55-51-47-41-32-28-24-20-16-12-8-4)73-95-99(87,88)93-69-75(82)70-94-100(89,90)96-74-77(98-81(86)68-64-60-56-52-48-44-39-35-31-27-23-19-15-11-7-3)72-91-78(83)65-61-57-53-49-45-42-38-34-30-26-22-18-14-10-6-2/h21-22,25-27,31,33-36,38-40,43,50,54,75-77,82H,5-20,23-24,28-30,32,37,41-42,44-49,51-53,55-74H2,1-4H3,(H,87,88)(H,89,90)/b25-21-,26-22-,31-27-,36-33-,38-34-,39-35-,43-40-,54-50-/t75-,76-,77-/m1/s1. The van der Waals surface area contributed by atoms with Crippen LogP contribution in [-0.2, 0) is 65.4 Å². The predicted molar refractivity (Wildman–Crippen MR) is 409 cm³/mol. The smallest absolute Gasteiger partial charge is 0.462 e. The highest BCUT2D eigenvalue weighted by Gasteiger charge is 2.30. The van der Waals surface area contributed by atoms with Gasteiger partial charge in [-0.3, -0.25) is 37.3 Å². The first-order valence-electron chi connectivity index (χ1n) is 39.5. The Morgan fingerprint density at radius 1 is 0.290 bits per heavy atom. The number of phosphoric ester groups is 2. The molecule has 19 heteroatoms.